The molecule has 1 aliphatic heterocycles. The minimum absolute atomic E-state index is 0.00939. The average Bonchev–Trinajstić information content (AvgIpc) is 2.42. The van der Waals surface area contributed by atoms with Gasteiger partial charge in [-0.05, 0) is 36.5 Å². The Hall–Kier alpha value is -0.570. The third-order valence-electron chi connectivity index (χ3n) is 5.10. The van der Waals surface area contributed by atoms with Crippen molar-refractivity contribution in [1.29, 1.82) is 0 Å². The number of amides is 1. The maximum Gasteiger partial charge on any atom is 0.226 e. The van der Waals surface area contributed by atoms with Crippen LogP contribution in [0.5, 0.6) is 0 Å². The van der Waals surface area contributed by atoms with E-state index in [0.29, 0.717) is 12.5 Å². The summed E-state index contributed by atoms with van der Waals surface area (Å²) in [5.41, 5.74) is 6.04. The van der Waals surface area contributed by atoms with Crippen molar-refractivity contribution < 1.29 is 4.79 Å². The number of carbonyl (C=O) groups is 1. The van der Waals surface area contributed by atoms with Crippen molar-refractivity contribution in [2.24, 2.45) is 28.9 Å². The summed E-state index contributed by atoms with van der Waals surface area (Å²) < 4.78 is 0. The predicted molar refractivity (Wildman–Crippen MR) is 83.3 cm³/mol. The van der Waals surface area contributed by atoms with Crippen LogP contribution in [0, 0.1) is 23.2 Å². The highest BCUT2D eigenvalue weighted by molar-refractivity contribution is 5.79. The van der Waals surface area contributed by atoms with Crippen molar-refractivity contribution in [2.75, 3.05) is 19.6 Å². The predicted octanol–water partition coefficient (Wildman–Crippen LogP) is 3.04. The molecule has 116 valence electrons. The minimum atomic E-state index is 0.00939. The average molecular weight is 280 g/mol. The molecule has 2 fully saturated rings. The molecule has 0 aromatic rings. The van der Waals surface area contributed by atoms with E-state index >= 15 is 0 Å². The Labute approximate surface area is 124 Å². The maximum absolute atomic E-state index is 12.7. The van der Waals surface area contributed by atoms with Crippen LogP contribution < -0.4 is 5.73 Å². The number of nitrogens with two attached hydrogens (primary N) is 1. The Bertz CT molecular complexity index is 334. The summed E-state index contributed by atoms with van der Waals surface area (Å²) in [6.45, 7) is 9.01. The van der Waals surface area contributed by atoms with Crippen LogP contribution in [0.25, 0.3) is 0 Å². The van der Waals surface area contributed by atoms with Crippen molar-refractivity contribution in [3.05, 3.63) is 0 Å². The Morgan fingerprint density at radius 2 is 1.85 bits per heavy atom. The first-order valence-corrected chi connectivity index (χ1v) is 8.39. The number of piperidine rings is 1. The van der Waals surface area contributed by atoms with E-state index in [4.69, 9.17) is 5.73 Å². The first-order chi connectivity index (χ1) is 9.40. The van der Waals surface area contributed by atoms with Crippen LogP contribution in [0.2, 0.25) is 0 Å². The van der Waals surface area contributed by atoms with Gasteiger partial charge in [0.05, 0.1) is 5.92 Å². The zero-order valence-electron chi connectivity index (χ0n) is 13.5. The van der Waals surface area contributed by atoms with E-state index in [1.54, 1.807) is 0 Å². The van der Waals surface area contributed by atoms with Crippen molar-refractivity contribution in [3.8, 4) is 0 Å². The SMILES string of the molecule is CC(C)(C)CC(CN)C(=O)N1CCC2CCCCC2C1. The monoisotopic (exact) mass is 280 g/mol. The van der Waals surface area contributed by atoms with E-state index in [2.05, 4.69) is 25.7 Å². The van der Waals surface area contributed by atoms with Gasteiger partial charge in [0.15, 0.2) is 0 Å². The van der Waals surface area contributed by atoms with E-state index in [1.165, 1.54) is 32.1 Å². The molecule has 1 aliphatic carbocycles. The summed E-state index contributed by atoms with van der Waals surface area (Å²) in [6.07, 6.45) is 7.56. The second-order valence-corrected chi connectivity index (χ2v) is 8.07. The van der Waals surface area contributed by atoms with Crippen LogP contribution in [0.1, 0.15) is 59.3 Å². The number of rotatable bonds is 3. The molecule has 2 rings (SSSR count). The van der Waals surface area contributed by atoms with E-state index in [0.717, 1.165) is 31.3 Å². The molecule has 20 heavy (non-hydrogen) atoms. The molecule has 0 radical (unpaired) electrons. The molecular formula is C17H32N2O. The molecule has 0 aromatic heterocycles. The molecule has 1 heterocycles. The van der Waals surface area contributed by atoms with Gasteiger partial charge < -0.3 is 10.6 Å². The van der Waals surface area contributed by atoms with Gasteiger partial charge in [-0.1, -0.05) is 40.0 Å². The second-order valence-electron chi connectivity index (χ2n) is 8.07. The van der Waals surface area contributed by atoms with Gasteiger partial charge in [-0.3, -0.25) is 4.79 Å². The summed E-state index contributed by atoms with van der Waals surface area (Å²) in [7, 11) is 0. The zero-order chi connectivity index (χ0) is 14.8. The first kappa shape index (κ1) is 15.8. The fraction of sp³-hybridized carbons (Fsp3) is 0.941. The van der Waals surface area contributed by atoms with Crippen LogP contribution in [0.15, 0.2) is 0 Å². The van der Waals surface area contributed by atoms with Crippen molar-refractivity contribution in [2.45, 2.75) is 59.3 Å². The normalized spacial score (nSPS) is 28.9. The molecule has 0 aromatic carbocycles. The van der Waals surface area contributed by atoms with Gasteiger partial charge in [-0.25, -0.2) is 0 Å². The van der Waals surface area contributed by atoms with E-state index < -0.39 is 0 Å². The van der Waals surface area contributed by atoms with Crippen molar-refractivity contribution in [1.82, 2.24) is 4.90 Å². The quantitative estimate of drug-likeness (QED) is 0.863. The maximum atomic E-state index is 12.7. The summed E-state index contributed by atoms with van der Waals surface area (Å²) in [5.74, 6) is 1.96. The third kappa shape index (κ3) is 3.97. The topological polar surface area (TPSA) is 46.3 Å². The lowest BCUT2D eigenvalue weighted by molar-refractivity contribution is -0.139. The van der Waals surface area contributed by atoms with Gasteiger partial charge in [0, 0.05) is 19.6 Å². The van der Waals surface area contributed by atoms with Crippen molar-refractivity contribution in [3.63, 3.8) is 0 Å². The smallest absolute Gasteiger partial charge is 0.226 e. The minimum Gasteiger partial charge on any atom is -0.342 e. The number of fused-ring (bicyclic) bond motifs is 1. The molecule has 2 aliphatic rings. The summed E-state index contributed by atoms with van der Waals surface area (Å²) in [6, 6.07) is 0. The molecule has 3 unspecified atom stereocenters. The lowest BCUT2D eigenvalue weighted by Crippen LogP contribution is -2.48. The van der Waals surface area contributed by atoms with Gasteiger partial charge >= 0.3 is 0 Å². The van der Waals surface area contributed by atoms with Gasteiger partial charge in [0.25, 0.3) is 0 Å². The number of hydrogen-bond acceptors (Lipinski definition) is 2. The number of hydrogen-bond donors (Lipinski definition) is 1. The highest BCUT2D eigenvalue weighted by atomic mass is 16.2. The molecule has 3 atom stereocenters. The molecule has 1 saturated heterocycles. The third-order valence-corrected chi connectivity index (χ3v) is 5.10. The van der Waals surface area contributed by atoms with E-state index in [1.807, 2.05) is 0 Å². The van der Waals surface area contributed by atoms with E-state index in [9.17, 15) is 4.79 Å². The van der Waals surface area contributed by atoms with Crippen LogP contribution in [0.4, 0.5) is 0 Å². The van der Waals surface area contributed by atoms with Gasteiger partial charge in [0.2, 0.25) is 5.91 Å². The van der Waals surface area contributed by atoms with Crippen LogP contribution in [-0.2, 0) is 4.79 Å². The second kappa shape index (κ2) is 6.46. The Morgan fingerprint density at radius 3 is 2.45 bits per heavy atom. The fourth-order valence-corrected chi connectivity index (χ4v) is 4.07. The van der Waals surface area contributed by atoms with Crippen molar-refractivity contribution >= 4 is 5.91 Å². The Balaban J connectivity index is 1.94. The molecule has 0 spiro atoms. The molecule has 1 saturated carbocycles. The number of likely N-dealkylation sites (tertiary alicyclic amines) is 1. The Morgan fingerprint density at radius 1 is 1.20 bits per heavy atom. The molecule has 2 N–H and O–H groups in total. The molecule has 3 nitrogen and oxygen atoms in total. The lowest BCUT2D eigenvalue weighted by atomic mass is 9.74. The lowest BCUT2D eigenvalue weighted by Gasteiger charge is -2.42. The van der Waals surface area contributed by atoms with Gasteiger partial charge in [0.1, 0.15) is 0 Å². The van der Waals surface area contributed by atoms with Crippen LogP contribution >= 0.6 is 0 Å². The highest BCUT2D eigenvalue weighted by Crippen LogP contribution is 2.37. The molecule has 1 amide bonds. The number of nitrogens with zero attached hydrogens (tertiary/aromatic N) is 1. The molecular weight excluding hydrogens is 248 g/mol. The van der Waals surface area contributed by atoms with Crippen LogP contribution in [-0.4, -0.2) is 30.4 Å². The summed E-state index contributed by atoms with van der Waals surface area (Å²) in [4.78, 5) is 14.8. The fourth-order valence-electron chi connectivity index (χ4n) is 4.07. The first-order valence-electron chi connectivity index (χ1n) is 8.39. The van der Waals surface area contributed by atoms with Crippen LogP contribution in [0.3, 0.4) is 0 Å². The van der Waals surface area contributed by atoms with Gasteiger partial charge in [-0.2, -0.15) is 0 Å². The number of carbonyl (C=O) groups excluding carboxylic acids is 1. The van der Waals surface area contributed by atoms with E-state index in [-0.39, 0.29) is 11.3 Å². The standard InChI is InChI=1S/C17H32N2O/c1-17(2,3)10-15(11-18)16(20)19-9-8-13-6-4-5-7-14(13)12-19/h13-15H,4-12,18H2,1-3H3. The summed E-state index contributed by atoms with van der Waals surface area (Å²) >= 11 is 0. The van der Waals surface area contributed by atoms with Gasteiger partial charge in [-0.15, -0.1) is 0 Å². The Kier molecular flexibility index (Phi) is 5.11. The molecule has 0 bridgehead atoms. The largest absolute Gasteiger partial charge is 0.342 e. The summed E-state index contributed by atoms with van der Waals surface area (Å²) in [5, 5.41) is 0. The highest BCUT2D eigenvalue weighted by Gasteiger charge is 2.35. The molecule has 3 heteroatoms. The zero-order valence-corrected chi connectivity index (χ0v) is 13.5.